The summed E-state index contributed by atoms with van der Waals surface area (Å²) in [6.07, 6.45) is 23.9. The number of aliphatic hydroxyl groups is 4. The molecule has 6 N–H and O–H groups in total. The predicted molar refractivity (Wildman–Crippen MR) is 214 cm³/mol. The maximum Gasteiger partial charge on any atom is 0.243 e. The van der Waals surface area contributed by atoms with Crippen molar-refractivity contribution >= 4 is 11.8 Å². The van der Waals surface area contributed by atoms with E-state index in [1.165, 1.54) is 77.0 Å². The number of unbranched alkanes of at least 4 members (excludes halogenated alkanes) is 16. The molecule has 0 radical (unpaired) electrons. The van der Waals surface area contributed by atoms with Gasteiger partial charge in [0.15, 0.2) is 0 Å². The first-order valence-corrected chi connectivity index (χ1v) is 21.8. The number of carbonyl (C=O) groups is 2. The van der Waals surface area contributed by atoms with Crippen LogP contribution in [0.5, 0.6) is 0 Å². The Labute approximate surface area is 319 Å². The zero-order valence-corrected chi connectivity index (χ0v) is 34.2. The lowest BCUT2D eigenvalue weighted by Crippen LogP contribution is -2.61. The summed E-state index contributed by atoms with van der Waals surface area (Å²) in [6, 6.07) is -1.07. The second-order valence-electron chi connectivity index (χ2n) is 16.2. The molecular weight excluding hydrogens is 656 g/mol. The van der Waals surface area contributed by atoms with Crippen LogP contribution >= 0.6 is 0 Å². The molecular formula is C42H84N4O6. The van der Waals surface area contributed by atoms with Gasteiger partial charge in [-0.2, -0.15) is 0 Å². The minimum Gasteiger partial charge on any atom is -0.392 e. The zero-order chi connectivity index (χ0) is 38.4. The first-order valence-electron chi connectivity index (χ1n) is 21.8. The Morgan fingerprint density at radius 1 is 0.481 bits per heavy atom. The van der Waals surface area contributed by atoms with Crippen molar-refractivity contribution in [3.63, 3.8) is 0 Å². The SMILES string of the molecule is CCCCCCCCCCC(O)CN(CCCCC1NC(=O)C(CCCCN(CC(C)O)CC(O)CCCCCCCCCC)NC1=O)CC(C)O. The first-order chi connectivity index (χ1) is 25.0. The number of carbonyl (C=O) groups excluding carboxylic acids is 2. The number of nitrogens with zero attached hydrogens (tertiary/aromatic N) is 2. The third kappa shape index (κ3) is 26.5. The Morgan fingerprint density at radius 3 is 1.13 bits per heavy atom. The minimum atomic E-state index is -0.536. The maximum atomic E-state index is 12.9. The third-order valence-corrected chi connectivity index (χ3v) is 10.5. The molecule has 1 saturated heterocycles. The molecule has 0 aromatic carbocycles. The van der Waals surface area contributed by atoms with Crippen molar-refractivity contribution in [2.75, 3.05) is 39.3 Å². The molecule has 1 aliphatic heterocycles. The average molecular weight is 741 g/mol. The van der Waals surface area contributed by atoms with E-state index in [4.69, 9.17) is 0 Å². The Bertz CT molecular complexity index is 794. The summed E-state index contributed by atoms with van der Waals surface area (Å²) >= 11 is 0. The van der Waals surface area contributed by atoms with Gasteiger partial charge in [0.25, 0.3) is 0 Å². The van der Waals surface area contributed by atoms with Crippen LogP contribution in [0, 0.1) is 0 Å². The van der Waals surface area contributed by atoms with Crippen LogP contribution in [-0.2, 0) is 9.59 Å². The summed E-state index contributed by atoms with van der Waals surface area (Å²) in [4.78, 5) is 30.0. The van der Waals surface area contributed by atoms with Gasteiger partial charge < -0.3 is 31.1 Å². The van der Waals surface area contributed by atoms with Crippen LogP contribution in [0.15, 0.2) is 0 Å². The lowest BCUT2D eigenvalue weighted by atomic mass is 10.0. The number of hydrogen-bond donors (Lipinski definition) is 6. The number of hydrogen-bond acceptors (Lipinski definition) is 8. The fraction of sp³-hybridized carbons (Fsp3) is 0.952. The van der Waals surface area contributed by atoms with E-state index >= 15 is 0 Å². The van der Waals surface area contributed by atoms with Crippen molar-refractivity contribution in [1.29, 1.82) is 0 Å². The van der Waals surface area contributed by atoms with Crippen LogP contribution in [0.4, 0.5) is 0 Å². The van der Waals surface area contributed by atoms with Gasteiger partial charge in [-0.25, -0.2) is 0 Å². The molecule has 6 unspecified atom stereocenters. The highest BCUT2D eigenvalue weighted by atomic mass is 16.3. The molecule has 6 atom stereocenters. The molecule has 1 fully saturated rings. The highest BCUT2D eigenvalue weighted by Crippen LogP contribution is 2.15. The van der Waals surface area contributed by atoms with E-state index in [0.29, 0.717) is 39.0 Å². The van der Waals surface area contributed by atoms with Gasteiger partial charge in [0, 0.05) is 26.2 Å². The second kappa shape index (κ2) is 32.0. The number of rotatable bonds is 36. The van der Waals surface area contributed by atoms with Gasteiger partial charge in [0.2, 0.25) is 11.8 Å². The Hall–Kier alpha value is -1.30. The fourth-order valence-corrected chi connectivity index (χ4v) is 7.52. The molecule has 1 heterocycles. The number of piperazine rings is 1. The molecule has 0 aliphatic carbocycles. The van der Waals surface area contributed by atoms with Crippen LogP contribution in [0.25, 0.3) is 0 Å². The fourth-order valence-electron chi connectivity index (χ4n) is 7.52. The number of amides is 2. The van der Waals surface area contributed by atoms with Crippen molar-refractivity contribution in [2.24, 2.45) is 0 Å². The van der Waals surface area contributed by atoms with Gasteiger partial charge in [-0.05, 0) is 78.3 Å². The molecule has 1 aliphatic rings. The lowest BCUT2D eigenvalue weighted by molar-refractivity contribution is -0.137. The van der Waals surface area contributed by atoms with Crippen LogP contribution in [0.3, 0.4) is 0 Å². The summed E-state index contributed by atoms with van der Waals surface area (Å²) in [5.74, 6) is -0.267. The molecule has 52 heavy (non-hydrogen) atoms. The summed E-state index contributed by atoms with van der Waals surface area (Å²) in [7, 11) is 0. The molecule has 1 rings (SSSR count). The van der Waals surface area contributed by atoms with Gasteiger partial charge in [-0.3, -0.25) is 19.4 Å². The molecule has 0 aromatic heterocycles. The second-order valence-corrected chi connectivity index (χ2v) is 16.2. The van der Waals surface area contributed by atoms with E-state index in [2.05, 4.69) is 34.3 Å². The Kier molecular flexibility index (Phi) is 30.0. The molecule has 308 valence electrons. The van der Waals surface area contributed by atoms with E-state index in [-0.39, 0.29) is 11.8 Å². The molecule has 0 spiro atoms. The summed E-state index contributed by atoms with van der Waals surface area (Å²) in [5, 5.41) is 47.2. The van der Waals surface area contributed by atoms with E-state index < -0.39 is 36.5 Å². The van der Waals surface area contributed by atoms with Gasteiger partial charge in [0.05, 0.1) is 24.4 Å². The van der Waals surface area contributed by atoms with Crippen LogP contribution in [-0.4, -0.2) is 118 Å². The molecule has 0 bridgehead atoms. The molecule has 10 heteroatoms. The highest BCUT2D eigenvalue weighted by Gasteiger charge is 2.32. The molecule has 10 nitrogen and oxygen atoms in total. The van der Waals surface area contributed by atoms with E-state index in [1.807, 2.05) is 0 Å². The number of aliphatic hydroxyl groups excluding tert-OH is 4. The van der Waals surface area contributed by atoms with Gasteiger partial charge in [0.1, 0.15) is 12.1 Å². The first kappa shape index (κ1) is 48.7. The van der Waals surface area contributed by atoms with Crippen molar-refractivity contribution in [3.8, 4) is 0 Å². The third-order valence-electron chi connectivity index (χ3n) is 10.5. The molecule has 2 amide bonds. The predicted octanol–water partition coefficient (Wildman–Crippen LogP) is 6.46. The van der Waals surface area contributed by atoms with Crippen molar-refractivity contribution in [3.05, 3.63) is 0 Å². The lowest BCUT2D eigenvalue weighted by Gasteiger charge is -2.30. The van der Waals surface area contributed by atoms with Gasteiger partial charge >= 0.3 is 0 Å². The van der Waals surface area contributed by atoms with Crippen LogP contribution < -0.4 is 10.6 Å². The largest absolute Gasteiger partial charge is 0.392 e. The summed E-state index contributed by atoms with van der Waals surface area (Å²) in [5.41, 5.74) is 0. The maximum absolute atomic E-state index is 12.9. The van der Waals surface area contributed by atoms with E-state index in [0.717, 1.165) is 77.3 Å². The molecule has 0 aromatic rings. The van der Waals surface area contributed by atoms with E-state index in [9.17, 15) is 30.0 Å². The quantitative estimate of drug-likeness (QED) is 0.0402. The summed E-state index contributed by atoms with van der Waals surface area (Å²) in [6.45, 7) is 11.6. The smallest absolute Gasteiger partial charge is 0.243 e. The average Bonchev–Trinajstić information content (AvgIpc) is 3.08. The van der Waals surface area contributed by atoms with E-state index in [1.54, 1.807) is 13.8 Å². The van der Waals surface area contributed by atoms with Crippen molar-refractivity contribution < 1.29 is 30.0 Å². The topological polar surface area (TPSA) is 146 Å². The van der Waals surface area contributed by atoms with Gasteiger partial charge in [-0.15, -0.1) is 0 Å². The van der Waals surface area contributed by atoms with Crippen molar-refractivity contribution in [1.82, 2.24) is 20.4 Å². The van der Waals surface area contributed by atoms with Crippen molar-refractivity contribution in [2.45, 2.75) is 218 Å². The minimum absolute atomic E-state index is 0.133. The Balaban J connectivity index is 2.31. The highest BCUT2D eigenvalue weighted by molar-refractivity contribution is 5.96. The summed E-state index contributed by atoms with van der Waals surface area (Å²) < 4.78 is 0. The zero-order valence-electron chi connectivity index (χ0n) is 34.2. The standard InChI is InChI=1S/C42H84N4O6/c1-5-7-9-11-13-15-17-19-25-37(49)33-45(31-35(3)47)29-23-21-27-39-41(51)44-40(42(52)43-39)28-22-24-30-46(32-36(4)48)34-38(50)26-20-18-16-14-12-10-8-6-2/h35-40,47-50H,5-34H2,1-4H3,(H,43,52)(H,44,51). The monoisotopic (exact) mass is 741 g/mol. The number of nitrogens with one attached hydrogen (secondary N) is 2. The molecule has 0 saturated carbocycles. The van der Waals surface area contributed by atoms with Crippen LogP contribution in [0.2, 0.25) is 0 Å². The normalized spacial score (nSPS) is 18.8. The van der Waals surface area contributed by atoms with Crippen LogP contribution in [0.1, 0.15) is 182 Å². The van der Waals surface area contributed by atoms with Gasteiger partial charge in [-0.1, -0.05) is 117 Å². The Morgan fingerprint density at radius 2 is 0.808 bits per heavy atom.